The second kappa shape index (κ2) is 7.47. The minimum absolute atomic E-state index is 0.127. The van der Waals surface area contributed by atoms with Crippen LogP contribution < -0.4 is 10.1 Å². The Morgan fingerprint density at radius 2 is 1.96 bits per heavy atom. The molecule has 1 aromatic carbocycles. The van der Waals surface area contributed by atoms with Crippen molar-refractivity contribution in [3.05, 3.63) is 64.5 Å². The fraction of sp³-hybridized carbons (Fsp3) is 0.0588. The molecule has 0 saturated carbocycles. The van der Waals surface area contributed by atoms with Gasteiger partial charge in [0, 0.05) is 19.4 Å². The van der Waals surface area contributed by atoms with Crippen LogP contribution in [-0.4, -0.2) is 27.9 Å². The first kappa shape index (κ1) is 15.8. The highest BCUT2D eigenvalue weighted by Crippen LogP contribution is 2.20. The Labute approximate surface area is 142 Å². The van der Waals surface area contributed by atoms with Crippen molar-refractivity contribution in [3.63, 3.8) is 0 Å². The zero-order valence-corrected chi connectivity index (χ0v) is 13.7. The van der Waals surface area contributed by atoms with E-state index in [-0.39, 0.29) is 5.91 Å². The number of benzene rings is 1. The van der Waals surface area contributed by atoms with Gasteiger partial charge in [0.25, 0.3) is 5.91 Å². The minimum Gasteiger partial charge on any atom is -0.438 e. The van der Waals surface area contributed by atoms with E-state index in [0.717, 1.165) is 10.6 Å². The van der Waals surface area contributed by atoms with Gasteiger partial charge in [-0.15, -0.1) is 11.3 Å². The molecule has 120 valence electrons. The first-order chi connectivity index (χ1) is 11.7. The van der Waals surface area contributed by atoms with Crippen LogP contribution in [0.2, 0.25) is 0 Å². The van der Waals surface area contributed by atoms with Crippen molar-refractivity contribution in [2.24, 2.45) is 0 Å². The summed E-state index contributed by atoms with van der Waals surface area (Å²) in [4.78, 5) is 24.3. The van der Waals surface area contributed by atoms with Crippen LogP contribution in [0, 0.1) is 0 Å². The summed E-state index contributed by atoms with van der Waals surface area (Å²) in [6, 6.07) is 7.56. The fourth-order valence-electron chi connectivity index (χ4n) is 1.87. The average Bonchev–Trinajstić information content (AvgIpc) is 3.10. The van der Waals surface area contributed by atoms with Crippen molar-refractivity contribution in [3.8, 4) is 11.6 Å². The Kier molecular flexibility index (Phi) is 4.93. The third-order valence-corrected chi connectivity index (χ3v) is 4.00. The smallest absolute Gasteiger partial charge is 0.262 e. The number of hydrogen-bond acceptors (Lipinski definition) is 6. The van der Waals surface area contributed by atoms with Gasteiger partial charge in [0.2, 0.25) is 5.88 Å². The lowest BCUT2D eigenvalue weighted by Gasteiger charge is -2.03. The van der Waals surface area contributed by atoms with E-state index in [4.69, 9.17) is 4.74 Å². The van der Waals surface area contributed by atoms with Crippen LogP contribution in [-0.2, 0) is 0 Å². The summed E-state index contributed by atoms with van der Waals surface area (Å²) in [5.41, 5.74) is 0.998. The van der Waals surface area contributed by atoms with Crippen molar-refractivity contribution in [1.82, 2.24) is 20.3 Å². The summed E-state index contributed by atoms with van der Waals surface area (Å²) >= 11 is 1.34. The molecule has 0 radical (unpaired) electrons. The van der Waals surface area contributed by atoms with Gasteiger partial charge in [-0.3, -0.25) is 9.78 Å². The Bertz CT molecular complexity index is 845. The number of ether oxygens (including phenoxy) is 1. The Balaban J connectivity index is 1.65. The largest absolute Gasteiger partial charge is 0.438 e. The van der Waals surface area contributed by atoms with Crippen LogP contribution in [0.4, 0.5) is 0 Å². The number of aromatic nitrogens is 3. The Hall–Kier alpha value is -3.06. The third kappa shape index (κ3) is 4.02. The average molecular weight is 338 g/mol. The van der Waals surface area contributed by atoms with E-state index in [0.29, 0.717) is 16.5 Å². The number of nitrogens with one attached hydrogen (secondary N) is 1. The minimum atomic E-state index is -0.127. The van der Waals surface area contributed by atoms with Crippen LogP contribution >= 0.6 is 11.3 Å². The topological polar surface area (TPSA) is 77.0 Å². The number of hydrogen-bond donors (Lipinski definition) is 1. The van der Waals surface area contributed by atoms with Gasteiger partial charge in [0.05, 0.1) is 12.4 Å². The number of thiazole rings is 1. The molecule has 3 rings (SSSR count). The van der Waals surface area contributed by atoms with Gasteiger partial charge in [-0.1, -0.05) is 18.2 Å². The summed E-state index contributed by atoms with van der Waals surface area (Å²) in [6.07, 6.45) is 10.1. The molecule has 0 saturated heterocycles. The molecule has 0 fully saturated rings. The fourth-order valence-corrected chi connectivity index (χ4v) is 2.63. The molecule has 7 heteroatoms. The molecular formula is C17H14N4O2S. The molecule has 3 aromatic rings. The molecule has 0 aliphatic carbocycles. The molecule has 0 aliphatic heterocycles. The Morgan fingerprint density at radius 3 is 2.67 bits per heavy atom. The van der Waals surface area contributed by atoms with Gasteiger partial charge in [0.15, 0.2) is 0 Å². The van der Waals surface area contributed by atoms with Crippen molar-refractivity contribution in [2.75, 3.05) is 7.05 Å². The maximum atomic E-state index is 11.5. The maximum Gasteiger partial charge on any atom is 0.262 e. The lowest BCUT2D eigenvalue weighted by Crippen LogP contribution is -2.16. The number of amides is 1. The zero-order chi connectivity index (χ0) is 16.8. The van der Waals surface area contributed by atoms with Crippen LogP contribution in [0.25, 0.3) is 12.2 Å². The SMILES string of the molecule is CNC(=O)c1cnc(/C=C\c2ccc(Oc3cnccn3)cc2)s1. The predicted octanol–water partition coefficient (Wildman–Crippen LogP) is 3.26. The van der Waals surface area contributed by atoms with Gasteiger partial charge in [-0.05, 0) is 23.8 Å². The Morgan fingerprint density at radius 1 is 1.12 bits per heavy atom. The molecule has 0 bridgehead atoms. The second-order valence-corrected chi connectivity index (χ2v) is 5.75. The van der Waals surface area contributed by atoms with Crippen molar-refractivity contribution >= 4 is 29.4 Å². The highest BCUT2D eigenvalue weighted by molar-refractivity contribution is 7.14. The lowest BCUT2D eigenvalue weighted by molar-refractivity contribution is 0.0967. The van der Waals surface area contributed by atoms with Crippen molar-refractivity contribution in [1.29, 1.82) is 0 Å². The summed E-state index contributed by atoms with van der Waals surface area (Å²) in [7, 11) is 1.60. The van der Waals surface area contributed by atoms with E-state index < -0.39 is 0 Å². The molecule has 2 heterocycles. The summed E-state index contributed by atoms with van der Waals surface area (Å²) < 4.78 is 5.59. The molecule has 1 amide bonds. The first-order valence-corrected chi connectivity index (χ1v) is 7.96. The van der Waals surface area contributed by atoms with E-state index in [2.05, 4.69) is 20.3 Å². The van der Waals surface area contributed by atoms with Gasteiger partial charge in [0.1, 0.15) is 15.6 Å². The molecule has 1 N–H and O–H groups in total. The molecule has 0 unspecified atom stereocenters. The van der Waals surface area contributed by atoms with Crippen LogP contribution in [0.3, 0.4) is 0 Å². The molecule has 2 aromatic heterocycles. The standard InChI is InChI=1S/C17H14N4O2S/c1-18-17(22)14-10-21-16(24-14)7-4-12-2-5-13(6-3-12)23-15-11-19-8-9-20-15/h2-11H,1H3,(H,18,22)/b7-4-. The van der Waals surface area contributed by atoms with E-state index >= 15 is 0 Å². The number of nitrogens with zero attached hydrogens (tertiary/aromatic N) is 3. The van der Waals surface area contributed by atoms with Crippen LogP contribution in [0.1, 0.15) is 20.2 Å². The van der Waals surface area contributed by atoms with Crippen LogP contribution in [0.5, 0.6) is 11.6 Å². The molecule has 0 spiro atoms. The van der Waals surface area contributed by atoms with E-state index in [1.165, 1.54) is 11.3 Å². The summed E-state index contributed by atoms with van der Waals surface area (Å²) in [5.74, 6) is 1.01. The highest BCUT2D eigenvalue weighted by atomic mass is 32.1. The number of carbonyl (C=O) groups is 1. The van der Waals surface area contributed by atoms with Gasteiger partial charge >= 0.3 is 0 Å². The summed E-state index contributed by atoms with van der Waals surface area (Å²) in [6.45, 7) is 0. The van der Waals surface area contributed by atoms with Gasteiger partial charge < -0.3 is 10.1 Å². The number of rotatable bonds is 5. The zero-order valence-electron chi connectivity index (χ0n) is 12.8. The molecule has 24 heavy (non-hydrogen) atoms. The normalized spacial score (nSPS) is 10.7. The quantitative estimate of drug-likeness (QED) is 0.773. The summed E-state index contributed by atoms with van der Waals surface area (Å²) in [5, 5.41) is 3.35. The van der Waals surface area contributed by atoms with Gasteiger partial charge in [-0.2, -0.15) is 0 Å². The lowest BCUT2D eigenvalue weighted by atomic mass is 10.2. The van der Waals surface area contributed by atoms with E-state index in [1.54, 1.807) is 31.8 Å². The molecule has 6 nitrogen and oxygen atoms in total. The first-order valence-electron chi connectivity index (χ1n) is 7.14. The van der Waals surface area contributed by atoms with Crippen molar-refractivity contribution < 1.29 is 9.53 Å². The van der Waals surface area contributed by atoms with Crippen LogP contribution in [0.15, 0.2) is 49.1 Å². The van der Waals surface area contributed by atoms with E-state index in [9.17, 15) is 4.79 Å². The monoisotopic (exact) mass is 338 g/mol. The molecular weight excluding hydrogens is 324 g/mol. The van der Waals surface area contributed by atoms with Crippen molar-refractivity contribution in [2.45, 2.75) is 0 Å². The maximum absolute atomic E-state index is 11.5. The molecule has 0 aliphatic rings. The third-order valence-electron chi connectivity index (χ3n) is 3.03. The van der Waals surface area contributed by atoms with E-state index in [1.807, 2.05) is 36.4 Å². The highest BCUT2D eigenvalue weighted by Gasteiger charge is 2.06. The second-order valence-electron chi connectivity index (χ2n) is 4.69. The predicted molar refractivity (Wildman–Crippen MR) is 93.0 cm³/mol. The molecule has 0 atom stereocenters. The number of carbonyl (C=O) groups excluding carboxylic acids is 1. The van der Waals surface area contributed by atoms with Gasteiger partial charge in [-0.25, -0.2) is 9.97 Å².